The van der Waals surface area contributed by atoms with E-state index in [1.54, 1.807) is 7.11 Å². The van der Waals surface area contributed by atoms with Gasteiger partial charge in [0.25, 0.3) is 0 Å². The lowest BCUT2D eigenvalue weighted by molar-refractivity contribution is 0.174. The molecule has 7 heteroatoms. The van der Waals surface area contributed by atoms with Crippen molar-refractivity contribution in [1.29, 1.82) is 0 Å². The van der Waals surface area contributed by atoms with Gasteiger partial charge in [-0.2, -0.15) is 0 Å². The Labute approximate surface area is 172 Å². The van der Waals surface area contributed by atoms with Crippen LogP contribution in [0.15, 0.2) is 41.4 Å². The normalized spacial score (nSPS) is 12.6. The molecule has 1 aliphatic rings. The number of benzene rings is 2. The monoisotopic (exact) mass is 399 g/mol. The predicted octanol–water partition coefficient (Wildman–Crippen LogP) is 3.12. The number of rotatable bonds is 9. The highest BCUT2D eigenvalue weighted by molar-refractivity contribution is 5.79. The van der Waals surface area contributed by atoms with Gasteiger partial charge in [-0.25, -0.2) is 4.99 Å². The summed E-state index contributed by atoms with van der Waals surface area (Å²) in [5.41, 5.74) is 2.25. The van der Waals surface area contributed by atoms with Gasteiger partial charge in [-0.1, -0.05) is 12.1 Å². The predicted molar refractivity (Wildman–Crippen MR) is 113 cm³/mol. The molecule has 29 heavy (non-hydrogen) atoms. The van der Waals surface area contributed by atoms with Crippen molar-refractivity contribution in [2.45, 2.75) is 26.8 Å². The fourth-order valence-electron chi connectivity index (χ4n) is 3.02. The van der Waals surface area contributed by atoms with Gasteiger partial charge in [0.2, 0.25) is 6.79 Å². The van der Waals surface area contributed by atoms with E-state index in [1.165, 1.54) is 5.56 Å². The average molecular weight is 399 g/mol. The van der Waals surface area contributed by atoms with E-state index in [2.05, 4.69) is 28.6 Å². The lowest BCUT2D eigenvalue weighted by Gasteiger charge is -2.13. The number of fused-ring (bicyclic) bond motifs is 1. The van der Waals surface area contributed by atoms with Gasteiger partial charge in [-0.15, -0.1) is 0 Å². The van der Waals surface area contributed by atoms with Gasteiger partial charge in [0.15, 0.2) is 29.0 Å². The molecule has 7 nitrogen and oxygen atoms in total. The number of hydrogen-bond acceptors (Lipinski definition) is 5. The van der Waals surface area contributed by atoms with E-state index < -0.39 is 0 Å². The minimum Gasteiger partial charge on any atom is -0.493 e. The van der Waals surface area contributed by atoms with Crippen LogP contribution in [0.5, 0.6) is 23.0 Å². The van der Waals surface area contributed by atoms with Crippen LogP contribution in [0.1, 0.15) is 25.0 Å². The van der Waals surface area contributed by atoms with Gasteiger partial charge in [0.05, 0.1) is 20.3 Å². The Morgan fingerprint density at radius 2 is 1.83 bits per heavy atom. The first-order valence-electron chi connectivity index (χ1n) is 9.94. The quantitative estimate of drug-likeness (QED) is 0.499. The highest BCUT2D eigenvalue weighted by atomic mass is 16.7. The molecule has 3 rings (SSSR count). The van der Waals surface area contributed by atoms with Crippen LogP contribution in [-0.4, -0.2) is 39.6 Å². The molecule has 0 aliphatic carbocycles. The number of hydrogen-bond donors (Lipinski definition) is 2. The van der Waals surface area contributed by atoms with E-state index in [0.717, 1.165) is 54.0 Å². The first-order valence-corrected chi connectivity index (χ1v) is 9.94. The zero-order valence-electron chi connectivity index (χ0n) is 17.3. The van der Waals surface area contributed by atoms with Crippen LogP contribution >= 0.6 is 0 Å². The number of guanidine groups is 1. The van der Waals surface area contributed by atoms with E-state index in [1.807, 2.05) is 37.3 Å². The molecule has 0 fully saturated rings. The Hall–Kier alpha value is -3.09. The molecule has 0 bridgehead atoms. The first-order chi connectivity index (χ1) is 14.2. The number of ether oxygens (including phenoxy) is 4. The molecule has 1 aliphatic heterocycles. The van der Waals surface area contributed by atoms with Gasteiger partial charge in [-0.05, 0) is 55.7 Å². The lowest BCUT2D eigenvalue weighted by atomic mass is 10.1. The molecule has 2 aromatic rings. The van der Waals surface area contributed by atoms with Gasteiger partial charge in [-0.3, -0.25) is 0 Å². The van der Waals surface area contributed by atoms with E-state index in [4.69, 9.17) is 18.9 Å². The van der Waals surface area contributed by atoms with Crippen LogP contribution in [0.2, 0.25) is 0 Å². The second-order valence-corrected chi connectivity index (χ2v) is 6.48. The molecule has 0 spiro atoms. The Kier molecular flexibility index (Phi) is 7.44. The molecular formula is C22H29N3O4. The molecule has 0 amide bonds. The van der Waals surface area contributed by atoms with E-state index in [-0.39, 0.29) is 0 Å². The molecule has 0 saturated carbocycles. The Morgan fingerprint density at radius 1 is 1.00 bits per heavy atom. The Balaban J connectivity index is 1.57. The maximum Gasteiger partial charge on any atom is 0.231 e. The summed E-state index contributed by atoms with van der Waals surface area (Å²) in [5.74, 6) is 3.87. The topological polar surface area (TPSA) is 73.3 Å². The Bertz CT molecular complexity index is 839. The van der Waals surface area contributed by atoms with Crippen LogP contribution in [0.4, 0.5) is 0 Å². The molecule has 0 unspecified atom stereocenters. The Morgan fingerprint density at radius 3 is 2.62 bits per heavy atom. The van der Waals surface area contributed by atoms with Crippen LogP contribution in [0, 0.1) is 0 Å². The fourth-order valence-corrected chi connectivity index (χ4v) is 3.02. The smallest absolute Gasteiger partial charge is 0.231 e. The molecule has 1 heterocycles. The summed E-state index contributed by atoms with van der Waals surface area (Å²) in [6, 6.07) is 11.9. The van der Waals surface area contributed by atoms with Crippen molar-refractivity contribution < 1.29 is 18.9 Å². The summed E-state index contributed by atoms with van der Waals surface area (Å²) >= 11 is 0. The third kappa shape index (κ3) is 5.70. The standard InChI is InChI=1S/C22H29N3O4/c1-4-23-22(24-11-10-16-6-9-19-21(12-16)29-15-28-19)25-14-17-7-8-18(26-3)20(13-17)27-5-2/h6-9,12-13H,4-5,10-11,14-15H2,1-3H3,(H2,23,24,25). The van der Waals surface area contributed by atoms with Crippen LogP contribution < -0.4 is 29.6 Å². The molecular weight excluding hydrogens is 370 g/mol. The van der Waals surface area contributed by atoms with Crippen molar-refractivity contribution in [3.05, 3.63) is 47.5 Å². The zero-order valence-corrected chi connectivity index (χ0v) is 17.3. The second-order valence-electron chi connectivity index (χ2n) is 6.48. The SMILES string of the molecule is CCNC(=NCc1ccc(OC)c(OCC)c1)NCCc1ccc2c(c1)OCO2. The molecule has 0 atom stereocenters. The average Bonchev–Trinajstić information content (AvgIpc) is 3.20. The minimum absolute atomic E-state index is 0.296. The van der Waals surface area contributed by atoms with Gasteiger partial charge < -0.3 is 29.6 Å². The highest BCUT2D eigenvalue weighted by Gasteiger charge is 2.13. The highest BCUT2D eigenvalue weighted by Crippen LogP contribution is 2.32. The summed E-state index contributed by atoms with van der Waals surface area (Å²) in [4.78, 5) is 4.68. The van der Waals surface area contributed by atoms with Crippen molar-refractivity contribution in [2.24, 2.45) is 4.99 Å². The molecule has 0 aromatic heterocycles. The minimum atomic E-state index is 0.296. The molecule has 0 radical (unpaired) electrons. The fraction of sp³-hybridized carbons (Fsp3) is 0.409. The first kappa shape index (κ1) is 20.6. The summed E-state index contributed by atoms with van der Waals surface area (Å²) in [7, 11) is 1.64. The summed E-state index contributed by atoms with van der Waals surface area (Å²) in [6.45, 7) is 7.00. The maximum absolute atomic E-state index is 5.64. The molecule has 2 N–H and O–H groups in total. The summed E-state index contributed by atoms with van der Waals surface area (Å²) < 4.78 is 21.8. The van der Waals surface area contributed by atoms with Gasteiger partial charge in [0, 0.05) is 13.1 Å². The van der Waals surface area contributed by atoms with Crippen molar-refractivity contribution in [3.8, 4) is 23.0 Å². The van der Waals surface area contributed by atoms with E-state index in [0.29, 0.717) is 19.9 Å². The molecule has 0 saturated heterocycles. The van der Waals surface area contributed by atoms with Crippen molar-refractivity contribution in [1.82, 2.24) is 10.6 Å². The van der Waals surface area contributed by atoms with E-state index >= 15 is 0 Å². The van der Waals surface area contributed by atoms with E-state index in [9.17, 15) is 0 Å². The second kappa shape index (κ2) is 10.5. The largest absolute Gasteiger partial charge is 0.493 e. The van der Waals surface area contributed by atoms with Crippen LogP contribution in [-0.2, 0) is 13.0 Å². The van der Waals surface area contributed by atoms with Crippen LogP contribution in [0.25, 0.3) is 0 Å². The third-order valence-corrected chi connectivity index (χ3v) is 4.43. The number of aliphatic imine (C=N–C) groups is 1. The lowest BCUT2D eigenvalue weighted by Crippen LogP contribution is -2.38. The number of nitrogens with zero attached hydrogens (tertiary/aromatic N) is 1. The molecule has 2 aromatic carbocycles. The summed E-state index contributed by atoms with van der Waals surface area (Å²) in [5, 5.41) is 6.66. The van der Waals surface area contributed by atoms with Crippen molar-refractivity contribution in [2.75, 3.05) is 33.6 Å². The van der Waals surface area contributed by atoms with Crippen molar-refractivity contribution >= 4 is 5.96 Å². The molecule has 156 valence electrons. The van der Waals surface area contributed by atoms with Gasteiger partial charge >= 0.3 is 0 Å². The number of nitrogens with one attached hydrogen (secondary N) is 2. The summed E-state index contributed by atoms with van der Waals surface area (Å²) in [6.07, 6.45) is 0.859. The van der Waals surface area contributed by atoms with Crippen LogP contribution in [0.3, 0.4) is 0 Å². The zero-order chi connectivity index (χ0) is 20.5. The third-order valence-electron chi connectivity index (χ3n) is 4.43. The van der Waals surface area contributed by atoms with Gasteiger partial charge in [0.1, 0.15) is 0 Å². The number of methoxy groups -OCH3 is 1. The maximum atomic E-state index is 5.64. The van der Waals surface area contributed by atoms with Crippen molar-refractivity contribution in [3.63, 3.8) is 0 Å².